The van der Waals surface area contributed by atoms with Gasteiger partial charge in [-0.2, -0.15) is 0 Å². The fourth-order valence-electron chi connectivity index (χ4n) is 2.15. The number of rotatable bonds is 7. The molecule has 2 aromatic rings. The van der Waals surface area contributed by atoms with Gasteiger partial charge in [0.2, 0.25) is 15.3 Å². The maximum Gasteiger partial charge on any atom is 0.226 e. The lowest BCUT2D eigenvalue weighted by Gasteiger charge is -2.18. The number of carbonyl (C=O) groups is 1. The monoisotopic (exact) mass is 428 g/mol. The lowest BCUT2D eigenvalue weighted by Crippen LogP contribution is -2.05. The molecule has 0 fully saturated rings. The Morgan fingerprint density at radius 1 is 0.957 bits per heavy atom. The van der Waals surface area contributed by atoms with E-state index in [2.05, 4.69) is 0 Å². The summed E-state index contributed by atoms with van der Waals surface area (Å²) in [6, 6.07) is 11.3. The fourth-order valence-corrected chi connectivity index (χ4v) is 2.55. The van der Waals surface area contributed by atoms with Gasteiger partial charge in [-0.05, 0) is 11.6 Å². The molecule has 2 aromatic carbocycles. The van der Waals surface area contributed by atoms with Crippen molar-refractivity contribution in [3.05, 3.63) is 47.5 Å². The van der Waals surface area contributed by atoms with E-state index >= 15 is 0 Å². The number of halogens is 1. The van der Waals surface area contributed by atoms with E-state index in [1.165, 1.54) is 21.3 Å². The van der Waals surface area contributed by atoms with Crippen LogP contribution < -0.4 is 18.9 Å². The minimum atomic E-state index is -0.175. The number of hydrogen-bond donors (Lipinski definition) is 0. The van der Waals surface area contributed by atoms with Crippen molar-refractivity contribution >= 4 is 26.4 Å². The molecule has 0 N–H and O–H groups in total. The Labute approximate surface area is 148 Å². The summed E-state index contributed by atoms with van der Waals surface area (Å²) >= 11 is 1.69. The van der Waals surface area contributed by atoms with Gasteiger partial charge in [-0.3, -0.25) is 4.79 Å². The van der Waals surface area contributed by atoms with Crippen LogP contribution in [0.1, 0.15) is 15.9 Å². The number of benzene rings is 2. The zero-order valence-corrected chi connectivity index (χ0v) is 15.2. The van der Waals surface area contributed by atoms with Gasteiger partial charge >= 0.3 is 0 Å². The highest BCUT2D eigenvalue weighted by Gasteiger charge is 2.24. The van der Waals surface area contributed by atoms with Crippen molar-refractivity contribution in [1.82, 2.24) is 0 Å². The molecule has 6 heteroatoms. The molecule has 0 spiro atoms. The Balaban J connectivity index is 2.46. The highest BCUT2D eigenvalue weighted by atomic mass is 127. The van der Waals surface area contributed by atoms with E-state index in [1.54, 1.807) is 28.7 Å². The largest absolute Gasteiger partial charge is 0.493 e. The molecule has 0 aromatic heterocycles. The van der Waals surface area contributed by atoms with Gasteiger partial charge in [-0.15, -0.1) is 0 Å². The van der Waals surface area contributed by atoms with Crippen LogP contribution in [-0.4, -0.2) is 25.1 Å². The second-order valence-corrected chi connectivity index (χ2v) is 5.55. The molecule has 0 aliphatic rings. The molecule has 0 aliphatic heterocycles. The molecule has 0 amide bonds. The van der Waals surface area contributed by atoms with Gasteiger partial charge in [0.1, 0.15) is 6.61 Å². The van der Waals surface area contributed by atoms with Crippen molar-refractivity contribution in [1.29, 1.82) is 0 Å². The van der Waals surface area contributed by atoms with E-state index in [4.69, 9.17) is 18.9 Å². The molecular formula is C17H17IO5. The van der Waals surface area contributed by atoms with Crippen LogP contribution in [-0.2, 0) is 6.61 Å². The van der Waals surface area contributed by atoms with Crippen LogP contribution in [0.5, 0.6) is 23.0 Å². The topological polar surface area (TPSA) is 54.0 Å². The predicted octanol–water partition coefficient (Wildman–Crippen LogP) is 3.87. The van der Waals surface area contributed by atoms with Crippen LogP contribution in [0.25, 0.3) is 0 Å². The number of hydrogen-bond acceptors (Lipinski definition) is 5. The van der Waals surface area contributed by atoms with Crippen molar-refractivity contribution in [2.24, 2.45) is 0 Å². The summed E-state index contributed by atoms with van der Waals surface area (Å²) in [5.41, 5.74) is 1.37. The summed E-state index contributed by atoms with van der Waals surface area (Å²) in [6.45, 7) is 0.342. The van der Waals surface area contributed by atoms with E-state index < -0.39 is 0 Å². The van der Waals surface area contributed by atoms with Crippen molar-refractivity contribution in [3.63, 3.8) is 0 Å². The van der Waals surface area contributed by atoms with Crippen LogP contribution >= 0.6 is 22.6 Å². The molecule has 0 radical (unpaired) electrons. The van der Waals surface area contributed by atoms with Crippen molar-refractivity contribution < 1.29 is 23.7 Å². The van der Waals surface area contributed by atoms with E-state index in [0.717, 1.165) is 5.56 Å². The Morgan fingerprint density at radius 2 is 1.61 bits per heavy atom. The van der Waals surface area contributed by atoms with E-state index in [-0.39, 0.29) is 3.79 Å². The molecule has 0 bridgehead atoms. The molecule has 0 atom stereocenters. The first-order valence-corrected chi connectivity index (χ1v) is 7.89. The lowest BCUT2D eigenvalue weighted by molar-refractivity contribution is 0.110. The SMILES string of the molecule is COc1cc(C(=O)I)c(OC)c(OC)c1OCc1ccccc1. The molecule has 5 nitrogen and oxygen atoms in total. The quantitative estimate of drug-likeness (QED) is 0.495. The van der Waals surface area contributed by atoms with Gasteiger partial charge in [0.15, 0.2) is 11.5 Å². The standard InChI is InChI=1S/C17H17IO5/c1-20-13-9-12(17(18)19)14(21-2)16(22-3)15(13)23-10-11-7-5-4-6-8-11/h4-9H,10H2,1-3H3. The third-order valence-corrected chi connectivity index (χ3v) is 3.80. The summed E-state index contributed by atoms with van der Waals surface area (Å²) in [5, 5.41) is 0. The number of carbonyl (C=O) groups excluding carboxylic acids is 1. The van der Waals surface area contributed by atoms with Gasteiger partial charge in [0.25, 0.3) is 0 Å². The highest BCUT2D eigenvalue weighted by Crippen LogP contribution is 2.47. The first-order chi connectivity index (χ1) is 11.1. The Morgan fingerprint density at radius 3 is 2.13 bits per heavy atom. The third-order valence-electron chi connectivity index (χ3n) is 3.22. The summed E-state index contributed by atoms with van der Waals surface area (Å²) in [4.78, 5) is 11.8. The molecular weight excluding hydrogens is 411 g/mol. The summed E-state index contributed by atoms with van der Waals surface area (Å²) in [7, 11) is 4.49. The van der Waals surface area contributed by atoms with Crippen molar-refractivity contribution in [2.45, 2.75) is 6.61 Å². The van der Waals surface area contributed by atoms with E-state index in [1.807, 2.05) is 30.3 Å². The summed E-state index contributed by atoms with van der Waals surface area (Å²) in [6.07, 6.45) is 0. The average molecular weight is 428 g/mol. The maximum atomic E-state index is 11.8. The number of methoxy groups -OCH3 is 3. The molecule has 0 heterocycles. The Hall–Kier alpha value is -1.96. The molecule has 0 saturated heterocycles. The zero-order valence-electron chi connectivity index (χ0n) is 13.1. The van der Waals surface area contributed by atoms with Crippen LogP contribution in [0.15, 0.2) is 36.4 Å². The Kier molecular flexibility index (Phi) is 6.09. The predicted molar refractivity (Wildman–Crippen MR) is 95.2 cm³/mol. The van der Waals surface area contributed by atoms with Crippen LogP contribution in [0.3, 0.4) is 0 Å². The minimum absolute atomic E-state index is 0.175. The molecule has 23 heavy (non-hydrogen) atoms. The Bertz CT molecular complexity index is 685. The van der Waals surface area contributed by atoms with Gasteiger partial charge in [0.05, 0.1) is 26.9 Å². The highest BCUT2D eigenvalue weighted by molar-refractivity contribution is 14.1. The fraction of sp³-hybridized carbons (Fsp3) is 0.235. The molecule has 122 valence electrons. The summed E-state index contributed by atoms with van der Waals surface area (Å²) < 4.78 is 21.8. The van der Waals surface area contributed by atoms with Crippen LogP contribution in [0, 0.1) is 0 Å². The van der Waals surface area contributed by atoms with Gasteiger partial charge in [0, 0.05) is 22.6 Å². The summed E-state index contributed by atoms with van der Waals surface area (Å²) in [5.74, 6) is 1.48. The van der Waals surface area contributed by atoms with Crippen LogP contribution in [0.2, 0.25) is 0 Å². The zero-order chi connectivity index (χ0) is 16.8. The smallest absolute Gasteiger partial charge is 0.226 e. The molecule has 0 saturated carbocycles. The van der Waals surface area contributed by atoms with Gasteiger partial charge in [-0.25, -0.2) is 0 Å². The molecule has 0 aliphatic carbocycles. The first kappa shape index (κ1) is 17.4. The molecule has 0 unspecified atom stereocenters. The van der Waals surface area contributed by atoms with Gasteiger partial charge in [-0.1, -0.05) is 30.3 Å². The second kappa shape index (κ2) is 8.05. The normalized spacial score (nSPS) is 10.1. The second-order valence-electron chi connectivity index (χ2n) is 4.57. The van der Waals surface area contributed by atoms with E-state index in [9.17, 15) is 4.79 Å². The number of ether oxygens (including phenoxy) is 4. The van der Waals surface area contributed by atoms with E-state index in [0.29, 0.717) is 35.2 Å². The average Bonchev–Trinajstić information content (AvgIpc) is 2.58. The van der Waals surface area contributed by atoms with Crippen molar-refractivity contribution in [3.8, 4) is 23.0 Å². The maximum absolute atomic E-state index is 11.8. The van der Waals surface area contributed by atoms with Crippen molar-refractivity contribution in [2.75, 3.05) is 21.3 Å². The molecule has 2 rings (SSSR count). The van der Waals surface area contributed by atoms with Gasteiger partial charge < -0.3 is 18.9 Å². The third kappa shape index (κ3) is 3.87. The lowest BCUT2D eigenvalue weighted by atomic mass is 10.1. The van der Waals surface area contributed by atoms with Crippen LogP contribution in [0.4, 0.5) is 0 Å². The minimum Gasteiger partial charge on any atom is -0.493 e. The first-order valence-electron chi connectivity index (χ1n) is 6.81.